The number of aryl methyl sites for hydroxylation is 1. The highest BCUT2D eigenvalue weighted by Gasteiger charge is 2.07. The van der Waals surface area contributed by atoms with Crippen molar-refractivity contribution in [2.45, 2.75) is 12.8 Å². The molecule has 0 atom stereocenters. The fraction of sp³-hybridized carbons (Fsp3) is 0.250. The van der Waals surface area contributed by atoms with E-state index in [-0.39, 0.29) is 5.91 Å². The van der Waals surface area contributed by atoms with E-state index in [4.69, 9.17) is 11.6 Å². The molecule has 0 spiro atoms. The first-order valence-electron chi connectivity index (χ1n) is 5.17. The second-order valence-electron chi connectivity index (χ2n) is 3.65. The molecule has 0 saturated carbocycles. The Kier molecular flexibility index (Phi) is 3.15. The number of benzene rings is 1. The number of fused-ring (bicyclic) bond motifs is 1. The number of carbonyl (C=O) groups excluding carboxylic acids is 1. The maximum absolute atomic E-state index is 11.2. The average molecular weight is 237 g/mol. The van der Waals surface area contributed by atoms with Crippen molar-refractivity contribution < 1.29 is 4.79 Å². The average Bonchev–Trinajstić information content (AvgIpc) is 2.70. The Morgan fingerprint density at radius 1 is 1.50 bits per heavy atom. The van der Waals surface area contributed by atoms with Crippen LogP contribution in [0.15, 0.2) is 24.4 Å². The molecule has 4 heteroatoms. The van der Waals surface area contributed by atoms with Crippen LogP contribution in [-0.4, -0.2) is 17.9 Å². The number of hydrogen-bond acceptors (Lipinski definition) is 1. The Bertz CT molecular complexity index is 519. The normalized spacial score (nSPS) is 10.6. The van der Waals surface area contributed by atoms with E-state index < -0.39 is 0 Å². The molecule has 1 aromatic carbocycles. The topological polar surface area (TPSA) is 44.9 Å². The van der Waals surface area contributed by atoms with E-state index >= 15 is 0 Å². The van der Waals surface area contributed by atoms with Crippen LogP contribution in [0.2, 0.25) is 5.02 Å². The zero-order chi connectivity index (χ0) is 11.5. The van der Waals surface area contributed by atoms with Crippen LogP contribution in [-0.2, 0) is 11.2 Å². The highest BCUT2D eigenvalue weighted by atomic mass is 35.5. The molecular weight excluding hydrogens is 224 g/mol. The zero-order valence-electron chi connectivity index (χ0n) is 9.01. The standard InChI is InChI=1S/C12H13ClN2O/c1-14-11(16)6-5-8-7-15-12-9(8)3-2-4-10(12)13/h2-4,7,15H,5-6H2,1H3,(H,14,16). The number of para-hydroxylation sites is 1. The molecule has 0 saturated heterocycles. The lowest BCUT2D eigenvalue weighted by Gasteiger charge is -1.99. The van der Waals surface area contributed by atoms with Crippen LogP contribution in [0.4, 0.5) is 0 Å². The number of hydrogen-bond donors (Lipinski definition) is 2. The van der Waals surface area contributed by atoms with Gasteiger partial charge in [-0.2, -0.15) is 0 Å². The van der Waals surface area contributed by atoms with Crippen LogP contribution >= 0.6 is 11.6 Å². The summed E-state index contributed by atoms with van der Waals surface area (Å²) in [6.07, 6.45) is 3.13. The highest BCUT2D eigenvalue weighted by molar-refractivity contribution is 6.35. The Labute approximate surface area is 98.8 Å². The van der Waals surface area contributed by atoms with Crippen molar-refractivity contribution in [3.8, 4) is 0 Å². The minimum atomic E-state index is 0.0522. The smallest absolute Gasteiger partial charge is 0.220 e. The maximum atomic E-state index is 11.2. The molecule has 2 aromatic rings. The minimum absolute atomic E-state index is 0.0522. The van der Waals surface area contributed by atoms with Crippen LogP contribution in [0.3, 0.4) is 0 Å². The molecule has 0 aliphatic carbocycles. The Hall–Kier alpha value is -1.48. The summed E-state index contributed by atoms with van der Waals surface area (Å²) in [6.45, 7) is 0. The SMILES string of the molecule is CNC(=O)CCc1c[nH]c2c(Cl)cccc12. The van der Waals surface area contributed by atoms with Gasteiger partial charge in [-0.15, -0.1) is 0 Å². The largest absolute Gasteiger partial charge is 0.360 e. The minimum Gasteiger partial charge on any atom is -0.360 e. The van der Waals surface area contributed by atoms with Crippen molar-refractivity contribution in [3.05, 3.63) is 35.0 Å². The second kappa shape index (κ2) is 4.58. The number of carbonyl (C=O) groups is 1. The maximum Gasteiger partial charge on any atom is 0.220 e. The van der Waals surface area contributed by atoms with Crippen LogP contribution in [0, 0.1) is 0 Å². The van der Waals surface area contributed by atoms with E-state index in [1.807, 2.05) is 24.4 Å². The molecule has 0 aliphatic rings. The first-order chi connectivity index (χ1) is 7.72. The van der Waals surface area contributed by atoms with Crippen LogP contribution < -0.4 is 5.32 Å². The number of H-pyrrole nitrogens is 1. The van der Waals surface area contributed by atoms with Crippen molar-refractivity contribution in [2.24, 2.45) is 0 Å². The van der Waals surface area contributed by atoms with E-state index in [2.05, 4.69) is 10.3 Å². The molecule has 1 amide bonds. The third-order valence-corrected chi connectivity index (χ3v) is 2.97. The molecule has 0 radical (unpaired) electrons. The highest BCUT2D eigenvalue weighted by Crippen LogP contribution is 2.25. The summed E-state index contributed by atoms with van der Waals surface area (Å²) in [4.78, 5) is 14.3. The molecule has 2 N–H and O–H groups in total. The van der Waals surface area contributed by atoms with Gasteiger partial charge in [0, 0.05) is 25.1 Å². The quantitative estimate of drug-likeness (QED) is 0.845. The van der Waals surface area contributed by atoms with Crippen LogP contribution in [0.5, 0.6) is 0 Å². The van der Waals surface area contributed by atoms with Gasteiger partial charge in [-0.25, -0.2) is 0 Å². The lowest BCUT2D eigenvalue weighted by Crippen LogP contribution is -2.17. The predicted octanol–water partition coefficient (Wildman–Crippen LogP) is 2.50. The summed E-state index contributed by atoms with van der Waals surface area (Å²) >= 11 is 6.05. The molecule has 0 aliphatic heterocycles. The summed E-state index contributed by atoms with van der Waals surface area (Å²) in [6, 6.07) is 5.78. The molecule has 0 unspecified atom stereocenters. The number of halogens is 1. The summed E-state index contributed by atoms with van der Waals surface area (Å²) < 4.78 is 0. The van der Waals surface area contributed by atoms with Gasteiger partial charge in [-0.05, 0) is 18.1 Å². The van der Waals surface area contributed by atoms with Gasteiger partial charge in [0.15, 0.2) is 0 Å². The summed E-state index contributed by atoms with van der Waals surface area (Å²) in [5.74, 6) is 0.0522. The van der Waals surface area contributed by atoms with E-state index in [1.165, 1.54) is 0 Å². The molecule has 1 aromatic heterocycles. The Morgan fingerprint density at radius 3 is 3.06 bits per heavy atom. The van der Waals surface area contributed by atoms with Gasteiger partial charge < -0.3 is 10.3 Å². The first kappa shape index (κ1) is 11.0. The third kappa shape index (κ3) is 2.04. The summed E-state index contributed by atoms with van der Waals surface area (Å²) in [5, 5.41) is 4.42. The van der Waals surface area contributed by atoms with Crippen molar-refractivity contribution >= 4 is 28.4 Å². The number of rotatable bonds is 3. The monoisotopic (exact) mass is 236 g/mol. The molecule has 0 fully saturated rings. The van der Waals surface area contributed by atoms with Crippen LogP contribution in [0.25, 0.3) is 10.9 Å². The van der Waals surface area contributed by atoms with Gasteiger partial charge in [0.05, 0.1) is 10.5 Å². The Morgan fingerprint density at radius 2 is 2.31 bits per heavy atom. The van der Waals surface area contributed by atoms with Crippen molar-refractivity contribution in [1.29, 1.82) is 0 Å². The Balaban J connectivity index is 2.25. The van der Waals surface area contributed by atoms with Crippen molar-refractivity contribution in [2.75, 3.05) is 7.05 Å². The fourth-order valence-corrected chi connectivity index (χ4v) is 1.98. The molecule has 84 valence electrons. The third-order valence-electron chi connectivity index (χ3n) is 2.65. The lowest BCUT2D eigenvalue weighted by atomic mass is 10.1. The molecule has 0 bridgehead atoms. The van der Waals surface area contributed by atoms with E-state index in [0.29, 0.717) is 11.4 Å². The summed E-state index contributed by atoms with van der Waals surface area (Å²) in [7, 11) is 1.65. The van der Waals surface area contributed by atoms with Gasteiger partial charge in [0.1, 0.15) is 0 Å². The number of aromatic amines is 1. The zero-order valence-corrected chi connectivity index (χ0v) is 9.77. The lowest BCUT2D eigenvalue weighted by molar-refractivity contribution is -0.120. The van der Waals surface area contributed by atoms with Gasteiger partial charge in [-0.3, -0.25) is 4.79 Å². The molecule has 2 rings (SSSR count). The van der Waals surface area contributed by atoms with Gasteiger partial charge in [0.25, 0.3) is 0 Å². The number of nitrogens with one attached hydrogen (secondary N) is 2. The van der Waals surface area contributed by atoms with Gasteiger partial charge in [-0.1, -0.05) is 23.7 Å². The van der Waals surface area contributed by atoms with E-state index in [9.17, 15) is 4.79 Å². The van der Waals surface area contributed by atoms with E-state index in [1.54, 1.807) is 7.05 Å². The molecule has 16 heavy (non-hydrogen) atoms. The number of amides is 1. The number of aromatic nitrogens is 1. The van der Waals surface area contributed by atoms with Gasteiger partial charge >= 0.3 is 0 Å². The summed E-state index contributed by atoms with van der Waals surface area (Å²) in [5.41, 5.74) is 2.07. The van der Waals surface area contributed by atoms with Crippen molar-refractivity contribution in [1.82, 2.24) is 10.3 Å². The molecule has 3 nitrogen and oxygen atoms in total. The molecular formula is C12H13ClN2O. The van der Waals surface area contributed by atoms with Crippen molar-refractivity contribution in [3.63, 3.8) is 0 Å². The molecule has 1 heterocycles. The van der Waals surface area contributed by atoms with E-state index in [0.717, 1.165) is 22.9 Å². The fourth-order valence-electron chi connectivity index (χ4n) is 1.76. The first-order valence-corrected chi connectivity index (χ1v) is 5.55. The predicted molar refractivity (Wildman–Crippen MR) is 65.7 cm³/mol. The van der Waals surface area contributed by atoms with Gasteiger partial charge in [0.2, 0.25) is 5.91 Å². The van der Waals surface area contributed by atoms with Crippen LogP contribution in [0.1, 0.15) is 12.0 Å². The second-order valence-corrected chi connectivity index (χ2v) is 4.06.